The van der Waals surface area contributed by atoms with Crippen molar-refractivity contribution in [2.75, 3.05) is 20.3 Å². The van der Waals surface area contributed by atoms with Crippen LogP contribution in [0.15, 0.2) is 24.3 Å². The Hall–Kier alpha value is -2.32. The Labute approximate surface area is 142 Å². The second-order valence-electron chi connectivity index (χ2n) is 6.01. The summed E-state index contributed by atoms with van der Waals surface area (Å²) in [6, 6.07) is 7.48. The summed E-state index contributed by atoms with van der Waals surface area (Å²) >= 11 is 1.64. The summed E-state index contributed by atoms with van der Waals surface area (Å²) in [7, 11) is 1.33. The maximum Gasteiger partial charge on any atom is 0.335 e. The number of likely N-dealkylation sites (tertiary alicyclic amines) is 1. The van der Waals surface area contributed by atoms with Gasteiger partial charge in [-0.25, -0.2) is 14.7 Å². The highest BCUT2D eigenvalue weighted by Gasteiger charge is 2.44. The first-order valence-electron chi connectivity index (χ1n) is 7.79. The second-order valence-corrected chi connectivity index (χ2v) is 7.07. The highest BCUT2D eigenvalue weighted by Crippen LogP contribution is 2.36. The Morgan fingerprint density at radius 3 is 2.71 bits per heavy atom. The van der Waals surface area contributed by atoms with Crippen molar-refractivity contribution in [3.8, 4) is 0 Å². The van der Waals surface area contributed by atoms with E-state index in [1.807, 2.05) is 24.3 Å². The van der Waals surface area contributed by atoms with E-state index in [9.17, 15) is 14.4 Å². The van der Waals surface area contributed by atoms with Gasteiger partial charge in [0, 0.05) is 13.6 Å². The maximum atomic E-state index is 12.1. The standard InChI is InChI=1S/C16H16N4O3S/c1-18-14(21)15(22)20(16(18)23)9-19-8-4-6-11(19)13-17-10-5-2-3-7-12(10)24-13/h2-3,5,7,11H,4,6,8-9H2,1H3. The molecule has 4 amide bonds. The number of fused-ring (bicyclic) bond motifs is 1. The van der Waals surface area contributed by atoms with Crippen molar-refractivity contribution >= 4 is 39.4 Å². The maximum absolute atomic E-state index is 12.1. The number of carbonyl (C=O) groups is 3. The summed E-state index contributed by atoms with van der Waals surface area (Å²) < 4.78 is 1.13. The van der Waals surface area contributed by atoms with E-state index < -0.39 is 17.8 Å². The van der Waals surface area contributed by atoms with E-state index >= 15 is 0 Å². The van der Waals surface area contributed by atoms with Gasteiger partial charge in [0.2, 0.25) is 0 Å². The van der Waals surface area contributed by atoms with Gasteiger partial charge in [0.1, 0.15) is 5.01 Å². The number of urea groups is 1. The Morgan fingerprint density at radius 1 is 1.21 bits per heavy atom. The van der Waals surface area contributed by atoms with Crippen LogP contribution in [0.2, 0.25) is 0 Å². The fraction of sp³-hybridized carbons (Fsp3) is 0.375. The predicted molar refractivity (Wildman–Crippen MR) is 88.2 cm³/mol. The number of hydrogen-bond donors (Lipinski definition) is 0. The number of carbonyl (C=O) groups excluding carboxylic acids is 3. The van der Waals surface area contributed by atoms with Gasteiger partial charge in [0.15, 0.2) is 0 Å². The molecule has 0 radical (unpaired) electrons. The molecular weight excluding hydrogens is 328 g/mol. The van der Waals surface area contributed by atoms with Gasteiger partial charge in [0.05, 0.1) is 22.9 Å². The number of benzene rings is 1. The number of aromatic nitrogens is 1. The van der Waals surface area contributed by atoms with Gasteiger partial charge in [-0.3, -0.25) is 19.4 Å². The predicted octanol–water partition coefficient (Wildman–Crippen LogP) is 1.81. The molecule has 2 aliphatic heterocycles. The zero-order chi connectivity index (χ0) is 16.8. The van der Waals surface area contributed by atoms with E-state index in [0.717, 1.165) is 44.4 Å². The number of rotatable bonds is 3. The Morgan fingerprint density at radius 2 is 2.00 bits per heavy atom. The molecule has 1 aromatic carbocycles. The molecule has 2 saturated heterocycles. The Bertz CT molecular complexity index is 816. The fourth-order valence-corrected chi connectivity index (χ4v) is 4.36. The molecule has 8 heteroatoms. The van der Waals surface area contributed by atoms with Crippen molar-refractivity contribution in [1.82, 2.24) is 19.7 Å². The number of imide groups is 2. The zero-order valence-corrected chi connectivity index (χ0v) is 14.0. The number of thiazole rings is 1. The lowest BCUT2D eigenvalue weighted by atomic mass is 10.2. The van der Waals surface area contributed by atoms with E-state index in [1.165, 1.54) is 7.05 Å². The van der Waals surface area contributed by atoms with Crippen LogP contribution in [0.5, 0.6) is 0 Å². The van der Waals surface area contributed by atoms with Gasteiger partial charge in [-0.1, -0.05) is 12.1 Å². The molecule has 2 aliphatic rings. The van der Waals surface area contributed by atoms with E-state index in [2.05, 4.69) is 4.90 Å². The van der Waals surface area contributed by atoms with Crippen LogP contribution in [-0.2, 0) is 9.59 Å². The third kappa shape index (κ3) is 2.30. The molecule has 24 heavy (non-hydrogen) atoms. The molecule has 0 saturated carbocycles. The summed E-state index contributed by atoms with van der Waals surface area (Å²) in [6.45, 7) is 0.907. The molecule has 3 heterocycles. The van der Waals surface area contributed by atoms with Gasteiger partial charge in [-0.05, 0) is 25.0 Å². The molecule has 0 aliphatic carbocycles. The Balaban J connectivity index is 1.58. The molecule has 124 valence electrons. The SMILES string of the molecule is CN1C(=O)C(=O)N(CN2CCCC2c2nc3ccccc3s2)C1=O. The van der Waals surface area contributed by atoms with Crippen molar-refractivity contribution in [2.45, 2.75) is 18.9 Å². The number of nitrogens with zero attached hydrogens (tertiary/aromatic N) is 4. The smallest absolute Gasteiger partial charge is 0.276 e. The van der Waals surface area contributed by atoms with Crippen LogP contribution in [-0.4, -0.2) is 57.8 Å². The molecule has 4 rings (SSSR count). The van der Waals surface area contributed by atoms with Crippen LogP contribution in [0, 0.1) is 0 Å². The molecule has 0 N–H and O–H groups in total. The van der Waals surface area contributed by atoms with Crippen LogP contribution in [0.3, 0.4) is 0 Å². The van der Waals surface area contributed by atoms with Crippen LogP contribution in [0.4, 0.5) is 4.79 Å². The summed E-state index contributed by atoms with van der Waals surface area (Å²) in [5.74, 6) is -1.52. The first kappa shape index (κ1) is 15.2. The quantitative estimate of drug-likeness (QED) is 0.627. The minimum atomic E-state index is -0.768. The topological polar surface area (TPSA) is 73.8 Å². The summed E-state index contributed by atoms with van der Waals surface area (Å²) in [4.78, 5) is 44.3. The average molecular weight is 344 g/mol. The third-order valence-corrected chi connectivity index (χ3v) is 5.67. The van der Waals surface area contributed by atoms with E-state index in [-0.39, 0.29) is 12.7 Å². The van der Waals surface area contributed by atoms with Crippen molar-refractivity contribution in [1.29, 1.82) is 0 Å². The van der Waals surface area contributed by atoms with Crippen molar-refractivity contribution < 1.29 is 14.4 Å². The zero-order valence-electron chi connectivity index (χ0n) is 13.1. The second kappa shape index (κ2) is 5.64. The highest BCUT2D eigenvalue weighted by molar-refractivity contribution is 7.18. The molecule has 2 aromatic rings. The van der Waals surface area contributed by atoms with E-state index in [0.29, 0.717) is 0 Å². The highest BCUT2D eigenvalue weighted by atomic mass is 32.1. The largest absolute Gasteiger partial charge is 0.335 e. The van der Waals surface area contributed by atoms with Crippen LogP contribution in [0.25, 0.3) is 10.2 Å². The normalized spacial score (nSPS) is 22.4. The monoisotopic (exact) mass is 344 g/mol. The van der Waals surface area contributed by atoms with Crippen molar-refractivity contribution in [3.63, 3.8) is 0 Å². The summed E-state index contributed by atoms with van der Waals surface area (Å²) in [5.41, 5.74) is 0.965. The Kier molecular flexibility index (Phi) is 3.58. The van der Waals surface area contributed by atoms with Crippen molar-refractivity contribution in [2.24, 2.45) is 0 Å². The van der Waals surface area contributed by atoms with Gasteiger partial charge in [-0.2, -0.15) is 0 Å². The lowest BCUT2D eigenvalue weighted by Gasteiger charge is -2.26. The number of amides is 4. The molecule has 1 aromatic heterocycles. The number of likely N-dealkylation sites (N-methyl/N-ethyl adjacent to an activating group) is 1. The number of para-hydroxylation sites is 1. The molecule has 1 unspecified atom stereocenters. The van der Waals surface area contributed by atoms with Crippen LogP contribution < -0.4 is 0 Å². The minimum Gasteiger partial charge on any atom is -0.276 e. The van der Waals surface area contributed by atoms with Gasteiger partial charge in [0.25, 0.3) is 0 Å². The number of hydrogen-bond acceptors (Lipinski definition) is 6. The molecular formula is C16H16N4O3S. The van der Waals surface area contributed by atoms with Gasteiger partial charge in [-0.15, -0.1) is 11.3 Å². The van der Waals surface area contributed by atoms with E-state index in [1.54, 1.807) is 11.3 Å². The van der Waals surface area contributed by atoms with E-state index in [4.69, 9.17) is 4.98 Å². The van der Waals surface area contributed by atoms with Crippen LogP contribution >= 0.6 is 11.3 Å². The molecule has 2 fully saturated rings. The minimum absolute atomic E-state index is 0.0732. The molecule has 7 nitrogen and oxygen atoms in total. The van der Waals surface area contributed by atoms with Gasteiger partial charge < -0.3 is 0 Å². The molecule has 0 bridgehead atoms. The summed E-state index contributed by atoms with van der Waals surface area (Å²) in [6.07, 6.45) is 1.90. The molecule has 1 atom stereocenters. The first-order chi connectivity index (χ1) is 11.6. The molecule has 0 spiro atoms. The van der Waals surface area contributed by atoms with Gasteiger partial charge >= 0.3 is 17.8 Å². The summed E-state index contributed by atoms with van der Waals surface area (Å²) in [5, 5.41) is 0.993. The van der Waals surface area contributed by atoms with Crippen LogP contribution in [0.1, 0.15) is 23.9 Å². The lowest BCUT2D eigenvalue weighted by Crippen LogP contribution is -2.41. The first-order valence-corrected chi connectivity index (χ1v) is 8.61. The fourth-order valence-electron chi connectivity index (χ4n) is 3.23. The van der Waals surface area contributed by atoms with Crippen molar-refractivity contribution in [3.05, 3.63) is 29.3 Å². The third-order valence-electron chi connectivity index (χ3n) is 4.53. The lowest BCUT2D eigenvalue weighted by molar-refractivity contribution is -0.143. The average Bonchev–Trinajstić information content (AvgIpc) is 3.26.